The van der Waals surface area contributed by atoms with Crippen molar-refractivity contribution in [3.8, 4) is 0 Å². The molecule has 0 spiro atoms. The Bertz CT molecular complexity index is 606. The molecule has 3 nitrogen and oxygen atoms in total. The van der Waals surface area contributed by atoms with Crippen LogP contribution in [0.25, 0.3) is 6.08 Å². The zero-order chi connectivity index (χ0) is 17.9. The van der Waals surface area contributed by atoms with Crippen LogP contribution in [0.3, 0.4) is 0 Å². The van der Waals surface area contributed by atoms with Crippen LogP contribution in [0.5, 0.6) is 0 Å². The Hall–Kier alpha value is -1.61. The Kier molecular flexibility index (Phi) is 5.63. The van der Waals surface area contributed by atoms with Gasteiger partial charge in [0.2, 0.25) is 5.91 Å². The van der Waals surface area contributed by atoms with Crippen LogP contribution in [-0.4, -0.2) is 47.9 Å². The second kappa shape index (κ2) is 7.74. The third-order valence-corrected chi connectivity index (χ3v) is 5.52. The number of rotatable bonds is 4. The molecule has 1 aromatic carbocycles. The van der Waals surface area contributed by atoms with Gasteiger partial charge in [-0.25, -0.2) is 0 Å². The summed E-state index contributed by atoms with van der Waals surface area (Å²) in [6, 6.07) is 8.94. The molecule has 136 valence electrons. The van der Waals surface area contributed by atoms with Crippen molar-refractivity contribution in [2.24, 2.45) is 0 Å². The highest BCUT2D eigenvalue weighted by Crippen LogP contribution is 2.23. The molecule has 0 aliphatic carbocycles. The van der Waals surface area contributed by atoms with Gasteiger partial charge in [0.15, 0.2) is 0 Å². The molecule has 2 aliphatic heterocycles. The van der Waals surface area contributed by atoms with Gasteiger partial charge in [0, 0.05) is 25.2 Å². The fraction of sp³-hybridized carbons (Fsp3) is 0.591. The predicted octanol–water partition coefficient (Wildman–Crippen LogP) is 4.08. The van der Waals surface area contributed by atoms with Crippen molar-refractivity contribution in [3.05, 3.63) is 41.5 Å². The van der Waals surface area contributed by atoms with Gasteiger partial charge in [-0.1, -0.05) is 45.0 Å². The van der Waals surface area contributed by atoms with Crippen molar-refractivity contribution in [2.45, 2.75) is 57.9 Å². The second-order valence-electron chi connectivity index (χ2n) is 8.54. The molecule has 0 aromatic heterocycles. The number of hydrogen-bond donors (Lipinski definition) is 0. The van der Waals surface area contributed by atoms with Crippen molar-refractivity contribution in [3.63, 3.8) is 0 Å². The normalized spacial score (nSPS) is 22.2. The van der Waals surface area contributed by atoms with Gasteiger partial charge in [0.25, 0.3) is 0 Å². The minimum Gasteiger partial charge on any atom is -0.335 e. The van der Waals surface area contributed by atoms with Gasteiger partial charge in [0.1, 0.15) is 0 Å². The molecule has 2 fully saturated rings. The van der Waals surface area contributed by atoms with Gasteiger partial charge in [-0.3, -0.25) is 4.79 Å². The van der Waals surface area contributed by atoms with Gasteiger partial charge >= 0.3 is 0 Å². The summed E-state index contributed by atoms with van der Waals surface area (Å²) in [5.41, 5.74) is 2.58. The fourth-order valence-corrected chi connectivity index (χ4v) is 3.94. The maximum absolute atomic E-state index is 12.6. The molecular formula is C22H32N2O. The number of carbonyl (C=O) groups excluding carboxylic acids is 1. The molecule has 1 amide bonds. The van der Waals surface area contributed by atoms with Crippen molar-refractivity contribution in [2.75, 3.05) is 26.2 Å². The number of nitrogens with zero attached hydrogens (tertiary/aromatic N) is 2. The highest BCUT2D eigenvalue weighted by atomic mass is 16.2. The lowest BCUT2D eigenvalue weighted by Gasteiger charge is -2.27. The van der Waals surface area contributed by atoms with Crippen LogP contribution in [-0.2, 0) is 10.2 Å². The first-order valence-corrected chi connectivity index (χ1v) is 9.75. The van der Waals surface area contributed by atoms with E-state index in [0.717, 1.165) is 31.5 Å². The number of likely N-dealkylation sites (tertiary alicyclic amines) is 2. The molecule has 0 saturated carbocycles. The van der Waals surface area contributed by atoms with E-state index in [1.54, 1.807) is 6.08 Å². The zero-order valence-electron chi connectivity index (χ0n) is 16.0. The summed E-state index contributed by atoms with van der Waals surface area (Å²) in [4.78, 5) is 17.3. The first kappa shape index (κ1) is 18.2. The summed E-state index contributed by atoms with van der Waals surface area (Å²) in [7, 11) is 0. The molecule has 1 aromatic rings. The quantitative estimate of drug-likeness (QED) is 0.771. The van der Waals surface area contributed by atoms with Crippen LogP contribution >= 0.6 is 0 Å². The van der Waals surface area contributed by atoms with Crippen LogP contribution < -0.4 is 0 Å². The van der Waals surface area contributed by atoms with Crippen LogP contribution in [0.2, 0.25) is 0 Å². The first-order valence-electron chi connectivity index (χ1n) is 9.75. The Labute approximate surface area is 152 Å². The topological polar surface area (TPSA) is 23.6 Å². The van der Waals surface area contributed by atoms with Crippen LogP contribution in [0, 0.1) is 0 Å². The van der Waals surface area contributed by atoms with Crippen LogP contribution in [0.1, 0.15) is 57.6 Å². The van der Waals surface area contributed by atoms with Gasteiger partial charge in [-0.2, -0.15) is 0 Å². The molecule has 3 heteroatoms. The van der Waals surface area contributed by atoms with Crippen molar-refractivity contribution in [1.29, 1.82) is 0 Å². The van der Waals surface area contributed by atoms with Gasteiger partial charge < -0.3 is 9.80 Å². The average molecular weight is 341 g/mol. The maximum atomic E-state index is 12.6. The summed E-state index contributed by atoms with van der Waals surface area (Å²) in [5.74, 6) is 0.168. The monoisotopic (exact) mass is 340 g/mol. The third-order valence-electron chi connectivity index (χ3n) is 5.52. The molecule has 1 atom stereocenters. The average Bonchev–Trinajstić information content (AvgIpc) is 3.24. The molecule has 0 N–H and O–H groups in total. The van der Waals surface area contributed by atoms with E-state index in [1.165, 1.54) is 31.5 Å². The molecule has 0 radical (unpaired) electrons. The lowest BCUT2D eigenvalue weighted by atomic mass is 9.87. The Morgan fingerprint density at radius 2 is 1.76 bits per heavy atom. The highest BCUT2D eigenvalue weighted by Gasteiger charge is 2.29. The zero-order valence-corrected chi connectivity index (χ0v) is 16.0. The minimum atomic E-state index is 0.163. The number of benzene rings is 1. The number of carbonyl (C=O) groups is 1. The van der Waals surface area contributed by atoms with E-state index < -0.39 is 0 Å². The Morgan fingerprint density at radius 1 is 1.08 bits per heavy atom. The SMILES string of the molecule is CC(C)(C)c1ccc(/C=C/C(=O)N2CCCC2CN2CCCC2)cc1. The molecule has 2 saturated heterocycles. The summed E-state index contributed by atoms with van der Waals surface area (Å²) in [6.45, 7) is 11.0. The Balaban J connectivity index is 1.59. The van der Waals surface area contributed by atoms with E-state index in [1.807, 2.05) is 6.08 Å². The van der Waals surface area contributed by atoms with E-state index in [9.17, 15) is 4.79 Å². The predicted molar refractivity (Wildman–Crippen MR) is 105 cm³/mol. The van der Waals surface area contributed by atoms with E-state index in [-0.39, 0.29) is 11.3 Å². The first-order chi connectivity index (χ1) is 11.9. The van der Waals surface area contributed by atoms with E-state index in [2.05, 4.69) is 54.8 Å². The summed E-state index contributed by atoms with van der Waals surface area (Å²) in [6.07, 6.45) is 8.62. The smallest absolute Gasteiger partial charge is 0.246 e. The largest absolute Gasteiger partial charge is 0.335 e. The van der Waals surface area contributed by atoms with Crippen molar-refractivity contribution >= 4 is 12.0 Å². The summed E-state index contributed by atoms with van der Waals surface area (Å²) in [5, 5.41) is 0. The molecule has 3 rings (SSSR count). The number of amides is 1. The molecule has 2 heterocycles. The third kappa shape index (κ3) is 4.72. The fourth-order valence-electron chi connectivity index (χ4n) is 3.94. The van der Waals surface area contributed by atoms with E-state index in [4.69, 9.17) is 0 Å². The Morgan fingerprint density at radius 3 is 2.40 bits per heavy atom. The van der Waals surface area contributed by atoms with Crippen LogP contribution in [0.4, 0.5) is 0 Å². The number of hydrogen-bond acceptors (Lipinski definition) is 2. The van der Waals surface area contributed by atoms with Gasteiger partial charge in [-0.15, -0.1) is 0 Å². The molecular weight excluding hydrogens is 308 g/mol. The van der Waals surface area contributed by atoms with E-state index >= 15 is 0 Å². The van der Waals surface area contributed by atoms with E-state index in [0.29, 0.717) is 6.04 Å². The minimum absolute atomic E-state index is 0.163. The highest BCUT2D eigenvalue weighted by molar-refractivity contribution is 5.92. The standard InChI is InChI=1S/C22H32N2O/c1-22(2,3)19-11-8-18(9-12-19)10-13-21(25)24-16-6-7-20(24)17-23-14-4-5-15-23/h8-13,20H,4-7,14-17H2,1-3H3/b13-10+. The van der Waals surface area contributed by atoms with Crippen LogP contribution in [0.15, 0.2) is 30.3 Å². The van der Waals surface area contributed by atoms with Gasteiger partial charge in [0.05, 0.1) is 0 Å². The van der Waals surface area contributed by atoms with Gasteiger partial charge in [-0.05, 0) is 61.4 Å². The summed E-state index contributed by atoms with van der Waals surface area (Å²) < 4.78 is 0. The summed E-state index contributed by atoms with van der Waals surface area (Å²) >= 11 is 0. The lowest BCUT2D eigenvalue weighted by molar-refractivity contribution is -0.127. The molecule has 2 aliphatic rings. The van der Waals surface area contributed by atoms with Crippen molar-refractivity contribution in [1.82, 2.24) is 9.80 Å². The van der Waals surface area contributed by atoms with Crippen molar-refractivity contribution < 1.29 is 4.79 Å². The molecule has 0 bridgehead atoms. The second-order valence-corrected chi connectivity index (χ2v) is 8.54. The molecule has 1 unspecified atom stereocenters. The molecule has 25 heavy (non-hydrogen) atoms. The lowest BCUT2D eigenvalue weighted by Crippen LogP contribution is -2.41. The maximum Gasteiger partial charge on any atom is 0.246 e.